The van der Waals surface area contributed by atoms with Crippen molar-refractivity contribution in [2.75, 3.05) is 19.6 Å². The first-order valence-corrected chi connectivity index (χ1v) is 8.66. The molecule has 1 aliphatic heterocycles. The number of urea groups is 1. The summed E-state index contributed by atoms with van der Waals surface area (Å²) in [4.78, 5) is 49.1. The van der Waals surface area contributed by atoms with Gasteiger partial charge < -0.3 is 16.0 Å². The van der Waals surface area contributed by atoms with Crippen molar-refractivity contribution in [1.82, 2.24) is 20.9 Å². The topological polar surface area (TPSA) is 108 Å². The summed E-state index contributed by atoms with van der Waals surface area (Å²) in [6.45, 7) is 1.96. The first-order chi connectivity index (χ1) is 11.5. The van der Waals surface area contributed by atoms with Crippen LogP contribution in [0.2, 0.25) is 0 Å². The van der Waals surface area contributed by atoms with Gasteiger partial charge in [-0.25, -0.2) is 4.79 Å². The molecule has 0 bridgehead atoms. The first-order valence-electron chi connectivity index (χ1n) is 8.66. The number of carbonyl (C=O) groups excluding carboxylic acids is 4. The standard InChI is InChI=1S/C16H26N4O4/c1-2-9-17-12(21)10-18-13(22)11-20-14(23)16(19-15(20)24)7-5-3-4-6-8-16/h2-11H2,1H3,(H,17,21)(H,18,22)(H,19,24). The molecule has 24 heavy (non-hydrogen) atoms. The van der Waals surface area contributed by atoms with Gasteiger partial charge in [0.05, 0.1) is 6.54 Å². The van der Waals surface area contributed by atoms with Gasteiger partial charge in [-0.2, -0.15) is 0 Å². The zero-order valence-electron chi connectivity index (χ0n) is 14.2. The van der Waals surface area contributed by atoms with Gasteiger partial charge in [0.15, 0.2) is 0 Å². The molecule has 134 valence electrons. The largest absolute Gasteiger partial charge is 0.355 e. The van der Waals surface area contributed by atoms with E-state index >= 15 is 0 Å². The Morgan fingerprint density at radius 3 is 2.38 bits per heavy atom. The summed E-state index contributed by atoms with van der Waals surface area (Å²) in [6.07, 6.45) is 5.94. The minimum Gasteiger partial charge on any atom is -0.355 e. The molecule has 8 heteroatoms. The van der Waals surface area contributed by atoms with Gasteiger partial charge in [-0.15, -0.1) is 0 Å². The second-order valence-corrected chi connectivity index (χ2v) is 6.44. The second kappa shape index (κ2) is 8.12. The van der Waals surface area contributed by atoms with E-state index in [1.807, 2.05) is 6.92 Å². The Morgan fingerprint density at radius 2 is 1.75 bits per heavy atom. The van der Waals surface area contributed by atoms with Crippen LogP contribution in [0.1, 0.15) is 51.9 Å². The highest BCUT2D eigenvalue weighted by Gasteiger charge is 2.51. The van der Waals surface area contributed by atoms with Crippen molar-refractivity contribution in [2.24, 2.45) is 0 Å². The summed E-state index contributed by atoms with van der Waals surface area (Å²) < 4.78 is 0. The molecule has 1 saturated heterocycles. The molecule has 0 aromatic carbocycles. The molecule has 1 heterocycles. The van der Waals surface area contributed by atoms with E-state index in [1.165, 1.54) is 0 Å². The number of hydrogen-bond acceptors (Lipinski definition) is 4. The van der Waals surface area contributed by atoms with Crippen LogP contribution in [0, 0.1) is 0 Å². The Hall–Kier alpha value is -2.12. The van der Waals surface area contributed by atoms with Gasteiger partial charge in [0.2, 0.25) is 11.8 Å². The van der Waals surface area contributed by atoms with Gasteiger partial charge in [0, 0.05) is 6.54 Å². The van der Waals surface area contributed by atoms with E-state index in [-0.39, 0.29) is 24.9 Å². The Labute approximate surface area is 141 Å². The van der Waals surface area contributed by atoms with Crippen LogP contribution in [0.25, 0.3) is 0 Å². The van der Waals surface area contributed by atoms with E-state index in [4.69, 9.17) is 0 Å². The minimum absolute atomic E-state index is 0.159. The molecule has 1 saturated carbocycles. The fourth-order valence-electron chi connectivity index (χ4n) is 3.20. The van der Waals surface area contributed by atoms with E-state index < -0.39 is 17.5 Å². The van der Waals surface area contributed by atoms with Gasteiger partial charge in [0.25, 0.3) is 5.91 Å². The Balaban J connectivity index is 1.87. The highest BCUT2D eigenvalue weighted by Crippen LogP contribution is 2.32. The van der Waals surface area contributed by atoms with E-state index in [2.05, 4.69) is 16.0 Å². The van der Waals surface area contributed by atoms with Crippen LogP contribution in [-0.2, 0) is 14.4 Å². The predicted molar refractivity (Wildman–Crippen MR) is 87.0 cm³/mol. The molecule has 3 N–H and O–H groups in total. The van der Waals surface area contributed by atoms with Crippen LogP contribution >= 0.6 is 0 Å². The summed E-state index contributed by atoms with van der Waals surface area (Å²) in [6, 6.07) is -0.521. The molecule has 2 aliphatic rings. The maximum atomic E-state index is 12.6. The SMILES string of the molecule is CCCNC(=O)CNC(=O)CN1C(=O)NC2(CCCCCC2)C1=O. The molecular weight excluding hydrogens is 312 g/mol. The lowest BCUT2D eigenvalue weighted by Crippen LogP contribution is -2.47. The number of hydrogen-bond donors (Lipinski definition) is 3. The molecule has 1 aliphatic carbocycles. The normalized spacial score (nSPS) is 19.8. The Morgan fingerprint density at radius 1 is 1.08 bits per heavy atom. The highest BCUT2D eigenvalue weighted by atomic mass is 16.2. The summed E-state index contributed by atoms with van der Waals surface area (Å²) in [5.74, 6) is -1.13. The third kappa shape index (κ3) is 4.24. The van der Waals surface area contributed by atoms with Crippen molar-refractivity contribution < 1.29 is 19.2 Å². The fraction of sp³-hybridized carbons (Fsp3) is 0.750. The Kier molecular flexibility index (Phi) is 6.16. The number of rotatable bonds is 6. The van der Waals surface area contributed by atoms with Gasteiger partial charge in [0.1, 0.15) is 12.1 Å². The summed E-state index contributed by atoms with van der Waals surface area (Å²) in [5, 5.41) is 7.86. The predicted octanol–water partition coefficient (Wildman–Crippen LogP) is 0.274. The third-order valence-corrected chi connectivity index (χ3v) is 4.52. The zero-order valence-corrected chi connectivity index (χ0v) is 14.2. The van der Waals surface area contributed by atoms with Crippen molar-refractivity contribution in [1.29, 1.82) is 0 Å². The molecule has 0 atom stereocenters. The van der Waals surface area contributed by atoms with Crippen LogP contribution in [0.5, 0.6) is 0 Å². The first kappa shape index (κ1) is 18.2. The summed E-state index contributed by atoms with van der Waals surface area (Å²) in [7, 11) is 0. The van der Waals surface area contributed by atoms with E-state index in [0.717, 1.165) is 37.0 Å². The van der Waals surface area contributed by atoms with Crippen LogP contribution in [0.15, 0.2) is 0 Å². The summed E-state index contributed by atoms with van der Waals surface area (Å²) >= 11 is 0. The van der Waals surface area contributed by atoms with E-state index in [1.54, 1.807) is 0 Å². The second-order valence-electron chi connectivity index (χ2n) is 6.44. The zero-order chi connectivity index (χ0) is 17.6. The number of imide groups is 1. The number of carbonyl (C=O) groups is 4. The summed E-state index contributed by atoms with van der Waals surface area (Å²) in [5.41, 5.74) is -0.841. The van der Waals surface area contributed by atoms with E-state index in [9.17, 15) is 19.2 Å². The number of nitrogens with one attached hydrogen (secondary N) is 3. The van der Waals surface area contributed by atoms with Gasteiger partial charge in [-0.1, -0.05) is 32.6 Å². The van der Waals surface area contributed by atoms with Crippen LogP contribution in [0.4, 0.5) is 4.79 Å². The average Bonchev–Trinajstić information content (AvgIpc) is 2.74. The molecule has 2 fully saturated rings. The Bertz CT molecular complexity index is 512. The number of nitrogens with zero attached hydrogens (tertiary/aromatic N) is 1. The van der Waals surface area contributed by atoms with Crippen molar-refractivity contribution in [3.8, 4) is 0 Å². The molecule has 1 spiro atoms. The van der Waals surface area contributed by atoms with Crippen LogP contribution in [-0.4, -0.2) is 53.8 Å². The molecule has 0 unspecified atom stereocenters. The quantitative estimate of drug-likeness (QED) is 0.604. The fourth-order valence-corrected chi connectivity index (χ4v) is 3.20. The third-order valence-electron chi connectivity index (χ3n) is 4.52. The van der Waals surface area contributed by atoms with Crippen LogP contribution < -0.4 is 16.0 Å². The lowest BCUT2D eigenvalue weighted by Gasteiger charge is -2.24. The molecule has 2 rings (SSSR count). The lowest BCUT2D eigenvalue weighted by atomic mass is 9.90. The molecule has 8 nitrogen and oxygen atoms in total. The minimum atomic E-state index is -0.841. The molecular formula is C16H26N4O4. The molecule has 0 aromatic rings. The average molecular weight is 338 g/mol. The molecule has 5 amide bonds. The smallest absolute Gasteiger partial charge is 0.325 e. The lowest BCUT2D eigenvalue weighted by molar-refractivity contribution is -0.135. The maximum absolute atomic E-state index is 12.6. The monoisotopic (exact) mass is 338 g/mol. The van der Waals surface area contributed by atoms with Crippen molar-refractivity contribution in [3.63, 3.8) is 0 Å². The van der Waals surface area contributed by atoms with E-state index in [0.29, 0.717) is 19.4 Å². The van der Waals surface area contributed by atoms with Crippen LogP contribution in [0.3, 0.4) is 0 Å². The molecule has 0 aromatic heterocycles. The molecule has 0 radical (unpaired) electrons. The maximum Gasteiger partial charge on any atom is 0.325 e. The highest BCUT2D eigenvalue weighted by molar-refractivity contribution is 6.09. The van der Waals surface area contributed by atoms with Crippen molar-refractivity contribution in [2.45, 2.75) is 57.4 Å². The van der Waals surface area contributed by atoms with Gasteiger partial charge in [-0.05, 0) is 19.3 Å². The number of amides is 5. The van der Waals surface area contributed by atoms with Crippen molar-refractivity contribution in [3.05, 3.63) is 0 Å². The van der Waals surface area contributed by atoms with Gasteiger partial charge >= 0.3 is 6.03 Å². The van der Waals surface area contributed by atoms with Gasteiger partial charge in [-0.3, -0.25) is 19.3 Å². The van der Waals surface area contributed by atoms with Crippen molar-refractivity contribution >= 4 is 23.8 Å².